The van der Waals surface area contributed by atoms with Gasteiger partial charge in [-0.1, -0.05) is 35.5 Å². The van der Waals surface area contributed by atoms with Gasteiger partial charge in [-0.05, 0) is 5.56 Å². The van der Waals surface area contributed by atoms with Crippen molar-refractivity contribution in [2.24, 2.45) is 5.16 Å². The van der Waals surface area contributed by atoms with Gasteiger partial charge in [0.15, 0.2) is 5.75 Å². The molecule has 0 aliphatic carbocycles. The highest BCUT2D eigenvalue weighted by Gasteiger charge is 2.00. The molecule has 0 aliphatic rings. The Hall–Kier alpha value is -2.23. The Kier molecular flexibility index (Phi) is 3.45. The van der Waals surface area contributed by atoms with Crippen LogP contribution in [0.5, 0.6) is 5.75 Å². The van der Waals surface area contributed by atoms with E-state index in [0.29, 0.717) is 0 Å². The van der Waals surface area contributed by atoms with Crippen LogP contribution in [0.15, 0.2) is 53.7 Å². The van der Waals surface area contributed by atoms with Crippen LogP contribution in [-0.2, 0) is 0 Å². The minimum Gasteiger partial charge on any atom is -0.357 e. The number of rotatable bonds is 3. The first kappa shape index (κ1) is 11.3. The topological polar surface area (TPSA) is 21.6 Å². The Labute approximate surface area is 97.1 Å². The summed E-state index contributed by atoms with van der Waals surface area (Å²) < 4.78 is 25.6. The lowest BCUT2D eigenvalue weighted by Crippen LogP contribution is -1.88. The minimum atomic E-state index is -0.699. The molecule has 0 atom stereocenters. The van der Waals surface area contributed by atoms with Gasteiger partial charge in [0.1, 0.15) is 11.6 Å². The fourth-order valence-corrected chi connectivity index (χ4v) is 1.27. The van der Waals surface area contributed by atoms with Gasteiger partial charge in [-0.2, -0.15) is 0 Å². The zero-order valence-electron chi connectivity index (χ0n) is 8.81. The van der Waals surface area contributed by atoms with Crippen molar-refractivity contribution in [1.29, 1.82) is 0 Å². The number of halogens is 2. The van der Waals surface area contributed by atoms with E-state index in [-0.39, 0.29) is 5.75 Å². The standard InChI is InChI=1S/C13H9F2NO/c14-11-6-12(15)8-13(7-11)17-16-9-10-4-2-1-3-5-10/h1-9H/b16-9+. The van der Waals surface area contributed by atoms with E-state index in [2.05, 4.69) is 5.16 Å². The first-order valence-corrected chi connectivity index (χ1v) is 4.95. The number of benzene rings is 2. The van der Waals surface area contributed by atoms with Gasteiger partial charge in [0.05, 0.1) is 6.21 Å². The molecular weight excluding hydrogens is 224 g/mol. The van der Waals surface area contributed by atoms with Crippen LogP contribution in [0, 0.1) is 11.6 Å². The molecule has 0 heterocycles. The van der Waals surface area contributed by atoms with E-state index in [1.165, 1.54) is 6.21 Å². The van der Waals surface area contributed by atoms with E-state index < -0.39 is 11.6 Å². The molecule has 2 nitrogen and oxygen atoms in total. The Morgan fingerprint density at radius 2 is 1.59 bits per heavy atom. The predicted octanol–water partition coefficient (Wildman–Crippen LogP) is 3.38. The van der Waals surface area contributed by atoms with Crippen molar-refractivity contribution >= 4 is 6.21 Å². The van der Waals surface area contributed by atoms with E-state index in [1.54, 1.807) is 0 Å². The third-order valence-electron chi connectivity index (χ3n) is 2.00. The van der Waals surface area contributed by atoms with Gasteiger partial charge in [0.25, 0.3) is 0 Å². The van der Waals surface area contributed by atoms with Crippen LogP contribution in [-0.4, -0.2) is 6.21 Å². The molecule has 0 bridgehead atoms. The molecule has 0 unspecified atom stereocenters. The molecule has 0 aliphatic heterocycles. The summed E-state index contributed by atoms with van der Waals surface area (Å²) in [6.45, 7) is 0. The first-order chi connectivity index (χ1) is 8.24. The van der Waals surface area contributed by atoms with Crippen molar-refractivity contribution in [2.45, 2.75) is 0 Å². The van der Waals surface area contributed by atoms with Crippen molar-refractivity contribution < 1.29 is 13.6 Å². The molecule has 2 aromatic rings. The molecule has 2 aromatic carbocycles. The zero-order valence-corrected chi connectivity index (χ0v) is 8.81. The zero-order chi connectivity index (χ0) is 12.1. The predicted molar refractivity (Wildman–Crippen MR) is 61.0 cm³/mol. The lowest BCUT2D eigenvalue weighted by Gasteiger charge is -1.98. The maximum absolute atomic E-state index is 12.8. The summed E-state index contributed by atoms with van der Waals surface area (Å²) in [5, 5.41) is 3.64. The van der Waals surface area contributed by atoms with Gasteiger partial charge < -0.3 is 4.84 Å². The normalized spacial score (nSPS) is 10.7. The highest BCUT2D eigenvalue weighted by Crippen LogP contribution is 2.15. The molecule has 86 valence electrons. The van der Waals surface area contributed by atoms with Crippen LogP contribution in [0.1, 0.15) is 5.56 Å². The molecule has 0 saturated carbocycles. The van der Waals surface area contributed by atoms with Crippen LogP contribution >= 0.6 is 0 Å². The second-order valence-electron chi connectivity index (χ2n) is 3.34. The second kappa shape index (κ2) is 5.21. The number of hydrogen-bond donors (Lipinski definition) is 0. The van der Waals surface area contributed by atoms with E-state index in [4.69, 9.17) is 4.84 Å². The van der Waals surface area contributed by atoms with E-state index in [9.17, 15) is 8.78 Å². The Morgan fingerprint density at radius 1 is 0.941 bits per heavy atom. The van der Waals surface area contributed by atoms with Crippen LogP contribution < -0.4 is 4.84 Å². The van der Waals surface area contributed by atoms with E-state index >= 15 is 0 Å². The number of oxime groups is 1. The maximum atomic E-state index is 12.8. The summed E-state index contributed by atoms with van der Waals surface area (Å²) in [5.74, 6) is -1.38. The van der Waals surface area contributed by atoms with Gasteiger partial charge in [0.2, 0.25) is 0 Å². The monoisotopic (exact) mass is 233 g/mol. The Balaban J connectivity index is 2.05. The third kappa shape index (κ3) is 3.38. The van der Waals surface area contributed by atoms with Gasteiger partial charge >= 0.3 is 0 Å². The molecule has 0 fully saturated rings. The Morgan fingerprint density at radius 3 is 2.24 bits per heavy atom. The highest BCUT2D eigenvalue weighted by molar-refractivity contribution is 5.78. The van der Waals surface area contributed by atoms with E-state index in [1.807, 2.05) is 30.3 Å². The molecule has 0 spiro atoms. The summed E-state index contributed by atoms with van der Waals surface area (Å²) in [6.07, 6.45) is 1.46. The van der Waals surface area contributed by atoms with Gasteiger partial charge in [0, 0.05) is 18.2 Å². The highest BCUT2D eigenvalue weighted by atomic mass is 19.1. The van der Waals surface area contributed by atoms with Gasteiger partial charge in [-0.15, -0.1) is 0 Å². The number of nitrogens with zero attached hydrogens (tertiary/aromatic N) is 1. The fourth-order valence-electron chi connectivity index (χ4n) is 1.27. The maximum Gasteiger partial charge on any atom is 0.163 e. The van der Waals surface area contributed by atoms with Crippen molar-refractivity contribution in [3.63, 3.8) is 0 Å². The quantitative estimate of drug-likeness (QED) is 0.588. The van der Waals surface area contributed by atoms with Gasteiger partial charge in [-0.25, -0.2) is 8.78 Å². The third-order valence-corrected chi connectivity index (χ3v) is 2.00. The molecule has 0 N–H and O–H groups in total. The first-order valence-electron chi connectivity index (χ1n) is 4.95. The summed E-state index contributed by atoms with van der Waals surface area (Å²) in [6, 6.07) is 12.1. The van der Waals surface area contributed by atoms with Crippen molar-refractivity contribution in [3.8, 4) is 5.75 Å². The SMILES string of the molecule is Fc1cc(F)cc(O/N=C/c2ccccc2)c1. The Bertz CT molecular complexity index is 506. The van der Waals surface area contributed by atoms with Crippen molar-refractivity contribution in [3.05, 3.63) is 65.7 Å². The molecule has 4 heteroatoms. The largest absolute Gasteiger partial charge is 0.357 e. The summed E-state index contributed by atoms with van der Waals surface area (Å²) in [7, 11) is 0. The smallest absolute Gasteiger partial charge is 0.163 e. The molecular formula is C13H9F2NO. The molecule has 0 radical (unpaired) electrons. The lowest BCUT2D eigenvalue weighted by molar-refractivity contribution is 0.339. The van der Waals surface area contributed by atoms with Crippen LogP contribution in [0.4, 0.5) is 8.78 Å². The summed E-state index contributed by atoms with van der Waals surface area (Å²) in [4.78, 5) is 4.86. The minimum absolute atomic E-state index is 0.0229. The van der Waals surface area contributed by atoms with Crippen LogP contribution in [0.25, 0.3) is 0 Å². The average Bonchev–Trinajstić information content (AvgIpc) is 2.29. The molecule has 2 rings (SSSR count). The molecule has 0 amide bonds. The lowest BCUT2D eigenvalue weighted by atomic mass is 10.2. The second-order valence-corrected chi connectivity index (χ2v) is 3.34. The van der Waals surface area contributed by atoms with Crippen molar-refractivity contribution in [2.75, 3.05) is 0 Å². The molecule has 17 heavy (non-hydrogen) atoms. The molecule has 0 saturated heterocycles. The van der Waals surface area contributed by atoms with Crippen molar-refractivity contribution in [1.82, 2.24) is 0 Å². The van der Waals surface area contributed by atoms with E-state index in [0.717, 1.165) is 23.8 Å². The average molecular weight is 233 g/mol. The number of hydrogen-bond acceptors (Lipinski definition) is 2. The van der Waals surface area contributed by atoms with Gasteiger partial charge in [-0.3, -0.25) is 0 Å². The van der Waals surface area contributed by atoms with Crippen LogP contribution in [0.2, 0.25) is 0 Å². The van der Waals surface area contributed by atoms with Crippen LogP contribution in [0.3, 0.4) is 0 Å². The summed E-state index contributed by atoms with van der Waals surface area (Å²) in [5.41, 5.74) is 0.837. The fraction of sp³-hybridized carbons (Fsp3) is 0. The molecule has 0 aromatic heterocycles. The summed E-state index contributed by atoms with van der Waals surface area (Å²) >= 11 is 0.